The number of nitrogens with one attached hydrogen (secondary N) is 1. The molecular formula is C7H15NOS. The molecule has 0 saturated carbocycles. The highest BCUT2D eigenvalue weighted by molar-refractivity contribution is 7.98. The lowest BCUT2D eigenvalue weighted by Gasteiger charge is -2.11. The van der Waals surface area contributed by atoms with E-state index in [9.17, 15) is 4.79 Å². The normalized spacial score (nSPS) is 13.1. The number of thioether (sulfide) groups is 1. The number of hydrogen-bond acceptors (Lipinski definition) is 3. The SMILES string of the molecule is CCN[C@@H](CSC)C(C)=O. The summed E-state index contributed by atoms with van der Waals surface area (Å²) in [6.45, 7) is 4.50. The first-order valence-electron chi connectivity index (χ1n) is 3.45. The van der Waals surface area contributed by atoms with E-state index in [1.54, 1.807) is 18.7 Å². The topological polar surface area (TPSA) is 29.1 Å². The van der Waals surface area contributed by atoms with Gasteiger partial charge < -0.3 is 5.32 Å². The molecule has 0 aromatic carbocycles. The molecule has 0 saturated heterocycles. The Balaban J connectivity index is 3.61. The Morgan fingerprint density at radius 3 is 2.60 bits per heavy atom. The predicted octanol–water partition coefficient (Wildman–Crippen LogP) is 0.916. The van der Waals surface area contributed by atoms with Crippen LogP contribution < -0.4 is 5.32 Å². The minimum Gasteiger partial charge on any atom is -0.307 e. The number of rotatable bonds is 5. The summed E-state index contributed by atoms with van der Waals surface area (Å²) < 4.78 is 0. The quantitative estimate of drug-likeness (QED) is 0.650. The standard InChI is InChI=1S/C7H15NOS/c1-4-8-7(5-10-3)6(2)9/h7-8H,4-5H2,1-3H3/t7-/m0/s1. The summed E-state index contributed by atoms with van der Waals surface area (Å²) >= 11 is 1.69. The number of likely N-dealkylation sites (N-methyl/N-ethyl adjacent to an activating group) is 1. The highest BCUT2D eigenvalue weighted by atomic mass is 32.2. The van der Waals surface area contributed by atoms with Gasteiger partial charge in [0.15, 0.2) is 0 Å². The van der Waals surface area contributed by atoms with Crippen molar-refractivity contribution in [1.29, 1.82) is 0 Å². The van der Waals surface area contributed by atoms with E-state index in [4.69, 9.17) is 0 Å². The van der Waals surface area contributed by atoms with Crippen LogP contribution in [0.3, 0.4) is 0 Å². The molecule has 0 spiro atoms. The van der Waals surface area contributed by atoms with Crippen molar-refractivity contribution in [3.05, 3.63) is 0 Å². The molecule has 3 heteroatoms. The van der Waals surface area contributed by atoms with Gasteiger partial charge in [0.25, 0.3) is 0 Å². The first-order chi connectivity index (χ1) is 4.72. The van der Waals surface area contributed by atoms with Gasteiger partial charge in [0, 0.05) is 5.75 Å². The number of carbonyl (C=O) groups is 1. The lowest BCUT2D eigenvalue weighted by molar-refractivity contribution is -0.118. The first-order valence-corrected chi connectivity index (χ1v) is 4.84. The zero-order valence-electron chi connectivity index (χ0n) is 6.81. The van der Waals surface area contributed by atoms with Crippen LogP contribution in [0.5, 0.6) is 0 Å². The zero-order valence-corrected chi connectivity index (χ0v) is 7.62. The third kappa shape index (κ3) is 3.90. The summed E-state index contributed by atoms with van der Waals surface area (Å²) in [6.07, 6.45) is 2.01. The number of Topliss-reactive ketones (excluding diaryl/α,β-unsaturated/α-hetero) is 1. The molecule has 1 N–H and O–H groups in total. The smallest absolute Gasteiger partial charge is 0.147 e. The van der Waals surface area contributed by atoms with Gasteiger partial charge in [0.1, 0.15) is 5.78 Å². The number of carbonyl (C=O) groups excluding carboxylic acids is 1. The molecular weight excluding hydrogens is 146 g/mol. The maximum atomic E-state index is 10.8. The van der Waals surface area contributed by atoms with Gasteiger partial charge in [0.2, 0.25) is 0 Å². The van der Waals surface area contributed by atoms with Gasteiger partial charge in [-0.3, -0.25) is 4.79 Å². The van der Waals surface area contributed by atoms with Crippen LogP contribution in [0.4, 0.5) is 0 Å². The fourth-order valence-corrected chi connectivity index (χ4v) is 1.42. The van der Waals surface area contributed by atoms with E-state index in [1.165, 1.54) is 0 Å². The van der Waals surface area contributed by atoms with E-state index in [0.29, 0.717) is 0 Å². The van der Waals surface area contributed by atoms with E-state index in [0.717, 1.165) is 12.3 Å². The van der Waals surface area contributed by atoms with Crippen LogP contribution in [0.2, 0.25) is 0 Å². The van der Waals surface area contributed by atoms with Crippen LogP contribution in [-0.2, 0) is 4.79 Å². The largest absolute Gasteiger partial charge is 0.307 e. The third-order valence-corrected chi connectivity index (χ3v) is 1.94. The maximum absolute atomic E-state index is 10.8. The van der Waals surface area contributed by atoms with E-state index >= 15 is 0 Å². The van der Waals surface area contributed by atoms with E-state index < -0.39 is 0 Å². The lowest BCUT2D eigenvalue weighted by Crippen LogP contribution is -2.37. The molecule has 0 aliphatic carbocycles. The lowest BCUT2D eigenvalue weighted by atomic mass is 10.2. The Kier molecular flexibility index (Phi) is 5.73. The van der Waals surface area contributed by atoms with Gasteiger partial charge in [-0.2, -0.15) is 11.8 Å². The summed E-state index contributed by atoms with van der Waals surface area (Å²) in [7, 11) is 0. The van der Waals surface area contributed by atoms with Gasteiger partial charge in [-0.1, -0.05) is 6.92 Å². The van der Waals surface area contributed by atoms with Crippen LogP contribution in [0.1, 0.15) is 13.8 Å². The molecule has 0 rings (SSSR count). The minimum absolute atomic E-state index is 0.0556. The monoisotopic (exact) mass is 161 g/mol. The molecule has 0 amide bonds. The van der Waals surface area contributed by atoms with E-state index in [1.807, 2.05) is 13.2 Å². The fourth-order valence-electron chi connectivity index (χ4n) is 0.733. The van der Waals surface area contributed by atoms with Crippen LogP contribution in [0.15, 0.2) is 0 Å². The fraction of sp³-hybridized carbons (Fsp3) is 0.857. The molecule has 0 aliphatic heterocycles. The third-order valence-electron chi connectivity index (χ3n) is 1.27. The van der Waals surface area contributed by atoms with Gasteiger partial charge in [-0.25, -0.2) is 0 Å². The summed E-state index contributed by atoms with van der Waals surface area (Å²) in [5, 5.41) is 3.11. The average molecular weight is 161 g/mol. The average Bonchev–Trinajstić information content (AvgIpc) is 1.87. The summed E-state index contributed by atoms with van der Waals surface area (Å²) in [5.74, 6) is 1.11. The highest BCUT2D eigenvalue weighted by Gasteiger charge is 2.10. The maximum Gasteiger partial charge on any atom is 0.147 e. The zero-order chi connectivity index (χ0) is 7.98. The Bertz CT molecular complexity index is 99.8. The van der Waals surface area contributed by atoms with Crippen molar-refractivity contribution in [2.24, 2.45) is 0 Å². The molecule has 60 valence electrons. The Morgan fingerprint density at radius 1 is 1.70 bits per heavy atom. The molecule has 0 aromatic heterocycles. The molecule has 0 heterocycles. The van der Waals surface area contributed by atoms with Crippen molar-refractivity contribution in [3.8, 4) is 0 Å². The molecule has 0 aliphatic rings. The predicted molar refractivity (Wildman–Crippen MR) is 46.5 cm³/mol. The Morgan fingerprint density at radius 2 is 2.30 bits per heavy atom. The first kappa shape index (κ1) is 9.98. The Hall–Kier alpha value is -0.0200. The second-order valence-corrected chi connectivity index (χ2v) is 3.09. The highest BCUT2D eigenvalue weighted by Crippen LogP contribution is 1.97. The van der Waals surface area contributed by atoms with Crippen LogP contribution in [-0.4, -0.2) is 30.4 Å². The van der Waals surface area contributed by atoms with Crippen LogP contribution in [0.25, 0.3) is 0 Å². The Labute approximate surface area is 66.8 Å². The van der Waals surface area contributed by atoms with Crippen LogP contribution >= 0.6 is 11.8 Å². The van der Waals surface area contributed by atoms with Crippen molar-refractivity contribution in [2.45, 2.75) is 19.9 Å². The van der Waals surface area contributed by atoms with Crippen LogP contribution in [0, 0.1) is 0 Å². The second kappa shape index (κ2) is 5.74. The van der Waals surface area contributed by atoms with Crippen molar-refractivity contribution in [2.75, 3.05) is 18.6 Å². The molecule has 0 bridgehead atoms. The second-order valence-electron chi connectivity index (χ2n) is 2.18. The van der Waals surface area contributed by atoms with Crippen molar-refractivity contribution >= 4 is 17.5 Å². The van der Waals surface area contributed by atoms with E-state index in [2.05, 4.69) is 5.32 Å². The van der Waals surface area contributed by atoms with Crippen molar-refractivity contribution in [3.63, 3.8) is 0 Å². The van der Waals surface area contributed by atoms with Crippen molar-refractivity contribution in [1.82, 2.24) is 5.32 Å². The van der Waals surface area contributed by atoms with Gasteiger partial charge in [0.05, 0.1) is 6.04 Å². The summed E-state index contributed by atoms with van der Waals surface area (Å²) in [6, 6.07) is 0.0556. The molecule has 0 radical (unpaired) electrons. The molecule has 2 nitrogen and oxygen atoms in total. The minimum atomic E-state index is 0.0556. The molecule has 10 heavy (non-hydrogen) atoms. The van der Waals surface area contributed by atoms with Gasteiger partial charge >= 0.3 is 0 Å². The van der Waals surface area contributed by atoms with Crippen molar-refractivity contribution < 1.29 is 4.79 Å². The molecule has 1 atom stereocenters. The summed E-state index contributed by atoms with van der Waals surface area (Å²) in [4.78, 5) is 10.8. The summed E-state index contributed by atoms with van der Waals surface area (Å²) in [5.41, 5.74) is 0. The molecule has 0 fully saturated rings. The number of ketones is 1. The molecule has 0 aromatic rings. The number of hydrogen-bond donors (Lipinski definition) is 1. The van der Waals surface area contributed by atoms with Gasteiger partial charge in [-0.15, -0.1) is 0 Å². The molecule has 0 unspecified atom stereocenters. The van der Waals surface area contributed by atoms with Gasteiger partial charge in [-0.05, 0) is 19.7 Å². The van der Waals surface area contributed by atoms with E-state index in [-0.39, 0.29) is 11.8 Å².